The number of aromatic hydroxyl groups is 1. The summed E-state index contributed by atoms with van der Waals surface area (Å²) in [5.41, 5.74) is 0.819. The molecule has 3 aliphatic carbocycles. The fourth-order valence-corrected chi connectivity index (χ4v) is 5.89. The van der Waals surface area contributed by atoms with Gasteiger partial charge < -0.3 is 15.3 Å². The minimum atomic E-state index is -1.10. The molecule has 0 spiro atoms. The van der Waals surface area contributed by atoms with Crippen molar-refractivity contribution in [3.63, 3.8) is 0 Å². The molecule has 3 nitrogen and oxygen atoms in total. The van der Waals surface area contributed by atoms with E-state index in [2.05, 4.69) is 12.8 Å². The first-order chi connectivity index (χ1) is 10.9. The fourth-order valence-electron chi connectivity index (χ4n) is 5.89. The number of terminal acetylenes is 1. The molecule has 4 rings (SSSR count). The Morgan fingerprint density at radius 2 is 2.09 bits per heavy atom. The van der Waals surface area contributed by atoms with Crippen LogP contribution in [-0.2, 0) is 6.42 Å². The molecule has 2 fully saturated rings. The van der Waals surface area contributed by atoms with Crippen LogP contribution in [0.4, 0.5) is 0 Å². The average Bonchev–Trinajstić information content (AvgIpc) is 2.78. The van der Waals surface area contributed by atoms with Crippen LogP contribution in [0.15, 0.2) is 18.2 Å². The van der Waals surface area contributed by atoms with Crippen LogP contribution >= 0.6 is 0 Å². The minimum Gasteiger partial charge on any atom is -0.508 e. The first kappa shape index (κ1) is 15.1. The SMILES string of the molecule is C#C[C@]1(O)CC[C@H]2[C@@H]3CCc4cc(O)ccc4[C@H]3[C@H](O)C[C@@]21C. The standard InChI is InChI=1S/C20H24O3/c1-3-20(23)9-8-16-15-6-4-12-10-13(21)5-7-14(12)18(15)17(22)11-19(16,20)2/h1,5,7,10,15-18,21-23H,4,6,8-9,11H2,2H3/t15-,16-,17+,18+,19-,20-/m0/s1. The van der Waals surface area contributed by atoms with Crippen LogP contribution in [0.1, 0.15) is 49.7 Å². The van der Waals surface area contributed by atoms with Gasteiger partial charge in [0.15, 0.2) is 0 Å². The first-order valence-corrected chi connectivity index (χ1v) is 8.59. The molecule has 2 saturated carbocycles. The van der Waals surface area contributed by atoms with Gasteiger partial charge in [-0.25, -0.2) is 0 Å². The highest BCUT2D eigenvalue weighted by molar-refractivity contribution is 5.41. The molecule has 122 valence electrons. The zero-order valence-electron chi connectivity index (χ0n) is 13.5. The Morgan fingerprint density at radius 1 is 1.30 bits per heavy atom. The highest BCUT2D eigenvalue weighted by atomic mass is 16.3. The van der Waals surface area contributed by atoms with Crippen LogP contribution in [0.2, 0.25) is 0 Å². The summed E-state index contributed by atoms with van der Waals surface area (Å²) in [7, 11) is 0. The van der Waals surface area contributed by atoms with E-state index in [1.54, 1.807) is 6.07 Å². The number of phenolic OH excluding ortho intramolecular Hbond substituents is 1. The topological polar surface area (TPSA) is 60.7 Å². The van der Waals surface area contributed by atoms with Gasteiger partial charge in [-0.1, -0.05) is 18.9 Å². The summed E-state index contributed by atoms with van der Waals surface area (Å²) in [5.74, 6) is 3.72. The summed E-state index contributed by atoms with van der Waals surface area (Å²) >= 11 is 0. The van der Waals surface area contributed by atoms with Crippen LogP contribution in [0.3, 0.4) is 0 Å². The molecule has 23 heavy (non-hydrogen) atoms. The molecule has 0 bridgehead atoms. The van der Waals surface area contributed by atoms with Crippen LogP contribution in [0.5, 0.6) is 5.75 Å². The lowest BCUT2D eigenvalue weighted by Gasteiger charge is -2.54. The van der Waals surface area contributed by atoms with Crippen LogP contribution in [-0.4, -0.2) is 27.0 Å². The molecule has 0 unspecified atom stereocenters. The molecule has 6 atom stereocenters. The third kappa shape index (κ3) is 1.86. The Morgan fingerprint density at radius 3 is 2.83 bits per heavy atom. The maximum atomic E-state index is 10.9. The van der Waals surface area contributed by atoms with E-state index in [0.717, 1.165) is 24.8 Å². The Labute approximate surface area is 137 Å². The number of aliphatic hydroxyl groups is 2. The van der Waals surface area contributed by atoms with Gasteiger partial charge in [0.25, 0.3) is 0 Å². The maximum Gasteiger partial charge on any atom is 0.130 e. The zero-order valence-corrected chi connectivity index (χ0v) is 13.5. The van der Waals surface area contributed by atoms with Crippen molar-refractivity contribution in [2.75, 3.05) is 0 Å². The largest absolute Gasteiger partial charge is 0.508 e. The summed E-state index contributed by atoms with van der Waals surface area (Å²) in [4.78, 5) is 0. The fraction of sp³-hybridized carbons (Fsp3) is 0.600. The number of aliphatic hydroxyl groups excluding tert-OH is 1. The molecule has 3 N–H and O–H groups in total. The van der Waals surface area contributed by atoms with Crippen molar-refractivity contribution >= 4 is 0 Å². The van der Waals surface area contributed by atoms with Gasteiger partial charge >= 0.3 is 0 Å². The molecule has 0 aliphatic heterocycles. The number of rotatable bonds is 0. The van der Waals surface area contributed by atoms with Gasteiger partial charge in [0.2, 0.25) is 0 Å². The summed E-state index contributed by atoms with van der Waals surface area (Å²) < 4.78 is 0. The Kier molecular flexibility index (Phi) is 3.11. The molecule has 0 heterocycles. The second-order valence-electron chi connectivity index (χ2n) is 7.95. The van der Waals surface area contributed by atoms with E-state index >= 15 is 0 Å². The molecule has 0 aromatic heterocycles. The van der Waals surface area contributed by atoms with Gasteiger partial charge in [-0.3, -0.25) is 0 Å². The van der Waals surface area contributed by atoms with E-state index < -0.39 is 17.1 Å². The average molecular weight is 312 g/mol. The van der Waals surface area contributed by atoms with Crippen molar-refractivity contribution in [2.24, 2.45) is 17.3 Å². The van der Waals surface area contributed by atoms with Crippen molar-refractivity contribution in [3.05, 3.63) is 29.3 Å². The normalized spacial score (nSPS) is 44.8. The number of hydrogen-bond acceptors (Lipinski definition) is 3. The summed E-state index contributed by atoms with van der Waals surface area (Å²) in [6.07, 6.45) is 9.16. The molecule has 0 saturated heterocycles. The number of fused-ring (bicyclic) bond motifs is 5. The first-order valence-electron chi connectivity index (χ1n) is 8.59. The van der Waals surface area contributed by atoms with Gasteiger partial charge in [0.05, 0.1) is 6.10 Å². The number of hydrogen-bond donors (Lipinski definition) is 3. The second-order valence-corrected chi connectivity index (χ2v) is 7.95. The van der Waals surface area contributed by atoms with E-state index in [-0.39, 0.29) is 5.92 Å². The molecule has 0 amide bonds. The lowest BCUT2D eigenvalue weighted by Crippen LogP contribution is -2.54. The van der Waals surface area contributed by atoms with Gasteiger partial charge in [-0.2, -0.15) is 0 Å². The summed E-state index contributed by atoms with van der Waals surface area (Å²) in [5, 5.41) is 31.6. The second kappa shape index (κ2) is 4.75. The molecule has 3 heteroatoms. The molecule has 3 aliphatic rings. The molecular weight excluding hydrogens is 288 g/mol. The monoisotopic (exact) mass is 312 g/mol. The molecule has 1 aromatic rings. The van der Waals surface area contributed by atoms with Crippen molar-refractivity contribution in [1.82, 2.24) is 0 Å². The third-order valence-corrected chi connectivity index (χ3v) is 7.08. The van der Waals surface area contributed by atoms with E-state index in [0.29, 0.717) is 30.4 Å². The van der Waals surface area contributed by atoms with Gasteiger partial charge in [-0.05, 0) is 67.2 Å². The van der Waals surface area contributed by atoms with Gasteiger partial charge in [0.1, 0.15) is 11.4 Å². The Balaban J connectivity index is 1.77. The lowest BCUT2D eigenvalue weighted by atomic mass is 9.52. The third-order valence-electron chi connectivity index (χ3n) is 7.08. The van der Waals surface area contributed by atoms with Crippen molar-refractivity contribution in [3.8, 4) is 18.1 Å². The predicted octanol–water partition coefficient (Wildman–Crippen LogP) is 2.58. The number of aryl methyl sites for hydroxylation is 1. The minimum absolute atomic E-state index is 0.0950. The quantitative estimate of drug-likeness (QED) is 0.645. The molecule has 0 radical (unpaired) electrons. The zero-order chi connectivity index (χ0) is 16.4. The lowest BCUT2D eigenvalue weighted by molar-refractivity contribution is -0.107. The Bertz CT molecular complexity index is 691. The van der Waals surface area contributed by atoms with E-state index in [4.69, 9.17) is 6.42 Å². The van der Waals surface area contributed by atoms with E-state index in [9.17, 15) is 15.3 Å². The van der Waals surface area contributed by atoms with Gasteiger partial charge in [-0.15, -0.1) is 6.42 Å². The molecule has 1 aromatic carbocycles. The maximum absolute atomic E-state index is 10.9. The van der Waals surface area contributed by atoms with E-state index in [1.165, 1.54) is 5.56 Å². The van der Waals surface area contributed by atoms with Crippen LogP contribution < -0.4 is 0 Å². The Hall–Kier alpha value is -1.50. The highest BCUT2D eigenvalue weighted by Crippen LogP contribution is 2.64. The van der Waals surface area contributed by atoms with Crippen LogP contribution in [0.25, 0.3) is 0 Å². The van der Waals surface area contributed by atoms with Crippen molar-refractivity contribution in [1.29, 1.82) is 0 Å². The number of phenols is 1. The van der Waals surface area contributed by atoms with Crippen molar-refractivity contribution < 1.29 is 15.3 Å². The van der Waals surface area contributed by atoms with Crippen LogP contribution in [0, 0.1) is 29.6 Å². The summed E-state index contributed by atoms with van der Waals surface area (Å²) in [6, 6.07) is 5.52. The number of benzene rings is 1. The smallest absolute Gasteiger partial charge is 0.130 e. The predicted molar refractivity (Wildman–Crippen MR) is 87.9 cm³/mol. The van der Waals surface area contributed by atoms with Crippen molar-refractivity contribution in [2.45, 2.75) is 56.7 Å². The summed E-state index contributed by atoms with van der Waals surface area (Å²) in [6.45, 7) is 2.07. The van der Waals surface area contributed by atoms with Gasteiger partial charge in [0, 0.05) is 11.3 Å². The highest BCUT2D eigenvalue weighted by Gasteiger charge is 2.63. The molecular formula is C20H24O3. The van der Waals surface area contributed by atoms with E-state index in [1.807, 2.05) is 12.1 Å².